The van der Waals surface area contributed by atoms with Gasteiger partial charge in [0.05, 0.1) is 11.4 Å². The Labute approximate surface area is 169 Å². The number of hydrogen-bond donors (Lipinski definition) is 0. The third-order valence-corrected chi connectivity index (χ3v) is 5.77. The van der Waals surface area contributed by atoms with E-state index in [4.69, 9.17) is 4.74 Å². The predicted molar refractivity (Wildman–Crippen MR) is 112 cm³/mol. The summed E-state index contributed by atoms with van der Waals surface area (Å²) in [6.07, 6.45) is 2.62. The molecule has 0 spiro atoms. The van der Waals surface area contributed by atoms with Crippen molar-refractivity contribution in [3.8, 4) is 5.69 Å². The molecule has 0 radical (unpaired) electrons. The lowest BCUT2D eigenvalue weighted by atomic mass is 10.2. The van der Waals surface area contributed by atoms with Gasteiger partial charge in [-0.3, -0.25) is 9.36 Å². The summed E-state index contributed by atoms with van der Waals surface area (Å²) in [5.74, 6) is 0.433. The fraction of sp³-hybridized carbons (Fsp3) is 0.381. The van der Waals surface area contributed by atoms with Crippen LogP contribution in [0.15, 0.2) is 41.8 Å². The summed E-state index contributed by atoms with van der Waals surface area (Å²) in [5.41, 5.74) is 5.06. The highest BCUT2D eigenvalue weighted by atomic mass is 32.2. The molecule has 6 nitrogen and oxygen atoms in total. The van der Waals surface area contributed by atoms with Gasteiger partial charge in [-0.2, -0.15) is 0 Å². The lowest BCUT2D eigenvalue weighted by molar-refractivity contribution is 0.102. The largest absolute Gasteiger partial charge is 0.385 e. The highest BCUT2D eigenvalue weighted by molar-refractivity contribution is 7.99. The molecule has 148 valence electrons. The van der Waals surface area contributed by atoms with Crippen molar-refractivity contribution in [2.45, 2.75) is 38.9 Å². The molecule has 0 bridgehead atoms. The molecule has 1 aromatic carbocycles. The van der Waals surface area contributed by atoms with Crippen LogP contribution in [0.1, 0.15) is 33.7 Å². The molecule has 7 heteroatoms. The number of carbonyl (C=O) groups excluding carboxylic acids is 1. The van der Waals surface area contributed by atoms with Crippen LogP contribution in [-0.4, -0.2) is 44.6 Å². The van der Waals surface area contributed by atoms with E-state index in [1.165, 1.54) is 11.8 Å². The van der Waals surface area contributed by atoms with Crippen molar-refractivity contribution in [3.05, 3.63) is 59.2 Å². The number of para-hydroxylation sites is 1. The minimum absolute atomic E-state index is 0.107. The van der Waals surface area contributed by atoms with E-state index in [1.54, 1.807) is 13.4 Å². The number of hydrogen-bond acceptors (Lipinski definition) is 5. The first-order chi connectivity index (χ1) is 13.5. The van der Waals surface area contributed by atoms with Crippen LogP contribution in [0.25, 0.3) is 5.69 Å². The minimum Gasteiger partial charge on any atom is -0.385 e. The van der Waals surface area contributed by atoms with Crippen LogP contribution in [0.5, 0.6) is 0 Å². The topological polar surface area (TPSA) is 61.9 Å². The van der Waals surface area contributed by atoms with Crippen molar-refractivity contribution in [1.29, 1.82) is 0 Å². The Balaban J connectivity index is 1.72. The van der Waals surface area contributed by atoms with Gasteiger partial charge < -0.3 is 9.30 Å². The normalized spacial score (nSPS) is 11.1. The van der Waals surface area contributed by atoms with Crippen LogP contribution >= 0.6 is 11.8 Å². The number of Topliss-reactive ketones (excluding diaryl/α,β-unsaturated/α-hetero) is 1. The van der Waals surface area contributed by atoms with E-state index >= 15 is 0 Å². The van der Waals surface area contributed by atoms with Crippen molar-refractivity contribution < 1.29 is 9.53 Å². The maximum atomic E-state index is 12.9. The third-order valence-electron chi connectivity index (χ3n) is 4.83. The number of rotatable bonds is 9. The summed E-state index contributed by atoms with van der Waals surface area (Å²) in [6.45, 7) is 7.66. The van der Waals surface area contributed by atoms with E-state index < -0.39 is 0 Å². The Morgan fingerprint density at radius 2 is 2.00 bits per heavy atom. The van der Waals surface area contributed by atoms with Crippen molar-refractivity contribution in [3.63, 3.8) is 0 Å². The maximum Gasteiger partial charge on any atom is 0.196 e. The van der Waals surface area contributed by atoms with Gasteiger partial charge in [0.15, 0.2) is 10.9 Å². The van der Waals surface area contributed by atoms with Gasteiger partial charge in [-0.1, -0.05) is 30.0 Å². The van der Waals surface area contributed by atoms with Gasteiger partial charge in [0, 0.05) is 37.2 Å². The first-order valence-electron chi connectivity index (χ1n) is 9.30. The highest BCUT2D eigenvalue weighted by Crippen LogP contribution is 2.24. The molecular weight excluding hydrogens is 372 g/mol. The zero-order chi connectivity index (χ0) is 20.1. The quantitative estimate of drug-likeness (QED) is 0.310. The highest BCUT2D eigenvalue weighted by Gasteiger charge is 2.17. The number of ether oxygens (including phenoxy) is 1. The third kappa shape index (κ3) is 4.36. The molecule has 0 unspecified atom stereocenters. The number of thioether (sulfide) groups is 1. The van der Waals surface area contributed by atoms with Crippen LogP contribution in [0, 0.1) is 20.8 Å². The van der Waals surface area contributed by atoms with Crippen LogP contribution in [0.2, 0.25) is 0 Å². The van der Waals surface area contributed by atoms with Crippen LogP contribution in [0.4, 0.5) is 0 Å². The second-order valence-corrected chi connectivity index (χ2v) is 7.71. The monoisotopic (exact) mass is 398 g/mol. The Bertz CT molecular complexity index is 961. The van der Waals surface area contributed by atoms with Gasteiger partial charge in [-0.25, -0.2) is 0 Å². The van der Waals surface area contributed by atoms with Gasteiger partial charge >= 0.3 is 0 Å². The Kier molecular flexibility index (Phi) is 6.70. The zero-order valence-electron chi connectivity index (χ0n) is 16.8. The molecule has 0 N–H and O–H groups in total. The van der Waals surface area contributed by atoms with Gasteiger partial charge in [0.25, 0.3) is 0 Å². The molecule has 0 atom stereocenters. The zero-order valence-corrected chi connectivity index (χ0v) is 17.6. The summed E-state index contributed by atoms with van der Waals surface area (Å²) >= 11 is 1.42. The SMILES string of the molecule is COCCCn1c(C)cc(C(=O)CSc2nncn2-c2ccccc2C)c1C. The molecule has 0 aliphatic rings. The number of aryl methyl sites for hydroxylation is 2. The standard InChI is InChI=1S/C21H26N4O2S/c1-15-8-5-6-9-19(15)25-14-22-23-21(25)28-13-20(26)18-12-16(2)24(17(18)3)10-7-11-27-4/h5-6,8-9,12,14H,7,10-11,13H2,1-4H3. The Morgan fingerprint density at radius 1 is 1.21 bits per heavy atom. The average Bonchev–Trinajstić information content (AvgIpc) is 3.26. The summed E-state index contributed by atoms with van der Waals surface area (Å²) in [5, 5.41) is 8.95. The van der Waals surface area contributed by atoms with Crippen molar-refractivity contribution >= 4 is 17.5 Å². The number of benzene rings is 1. The summed E-state index contributed by atoms with van der Waals surface area (Å²) in [6, 6.07) is 10.0. The molecule has 3 rings (SSSR count). The fourth-order valence-electron chi connectivity index (χ4n) is 3.32. The van der Waals surface area contributed by atoms with Gasteiger partial charge in [-0.15, -0.1) is 10.2 Å². The molecule has 0 aliphatic carbocycles. The lowest BCUT2D eigenvalue weighted by Gasteiger charge is -2.10. The summed E-state index contributed by atoms with van der Waals surface area (Å²) in [7, 11) is 1.71. The molecule has 0 fully saturated rings. The van der Waals surface area contributed by atoms with E-state index in [0.29, 0.717) is 12.4 Å². The Morgan fingerprint density at radius 3 is 2.75 bits per heavy atom. The van der Waals surface area contributed by atoms with E-state index in [1.807, 2.05) is 55.7 Å². The van der Waals surface area contributed by atoms with Crippen LogP contribution in [-0.2, 0) is 11.3 Å². The average molecular weight is 399 g/mol. The van der Waals surface area contributed by atoms with Crippen molar-refractivity contribution in [2.24, 2.45) is 0 Å². The number of nitrogens with zero attached hydrogens (tertiary/aromatic N) is 4. The van der Waals surface area contributed by atoms with Gasteiger partial charge in [-0.05, 0) is 44.9 Å². The second-order valence-electron chi connectivity index (χ2n) is 6.76. The molecule has 3 aromatic rings. The molecule has 2 heterocycles. The predicted octanol–water partition coefficient (Wildman–Crippen LogP) is 4.01. The molecule has 2 aromatic heterocycles. The van der Waals surface area contributed by atoms with E-state index in [-0.39, 0.29) is 5.78 Å². The first-order valence-corrected chi connectivity index (χ1v) is 10.3. The summed E-state index contributed by atoms with van der Waals surface area (Å²) < 4.78 is 9.25. The Hall–Kier alpha value is -2.38. The van der Waals surface area contributed by atoms with Crippen molar-refractivity contribution in [2.75, 3.05) is 19.5 Å². The molecule has 0 amide bonds. The van der Waals surface area contributed by atoms with Crippen LogP contribution < -0.4 is 0 Å². The maximum absolute atomic E-state index is 12.9. The second kappa shape index (κ2) is 9.21. The summed E-state index contributed by atoms with van der Waals surface area (Å²) in [4.78, 5) is 12.9. The van der Waals surface area contributed by atoms with Gasteiger partial charge in [0.1, 0.15) is 6.33 Å². The fourth-order valence-corrected chi connectivity index (χ4v) is 4.13. The molecule has 28 heavy (non-hydrogen) atoms. The molecule has 0 saturated heterocycles. The number of carbonyl (C=O) groups is 1. The van der Waals surface area contributed by atoms with Gasteiger partial charge in [0.2, 0.25) is 0 Å². The molecular formula is C21H26N4O2S. The van der Waals surface area contributed by atoms with E-state index in [9.17, 15) is 4.79 Å². The molecule has 0 aliphatic heterocycles. The number of aromatic nitrogens is 4. The van der Waals surface area contributed by atoms with E-state index in [0.717, 1.165) is 46.3 Å². The first kappa shape index (κ1) is 20.4. The lowest BCUT2D eigenvalue weighted by Crippen LogP contribution is -2.08. The number of ketones is 1. The number of methoxy groups -OCH3 is 1. The van der Waals surface area contributed by atoms with Crippen molar-refractivity contribution in [1.82, 2.24) is 19.3 Å². The minimum atomic E-state index is 0.107. The van der Waals surface area contributed by atoms with Crippen LogP contribution in [0.3, 0.4) is 0 Å². The molecule has 0 saturated carbocycles. The van der Waals surface area contributed by atoms with E-state index in [2.05, 4.69) is 14.8 Å². The smallest absolute Gasteiger partial charge is 0.196 e.